The summed E-state index contributed by atoms with van der Waals surface area (Å²) in [5.74, 6) is 1.02. The Kier molecular flexibility index (Phi) is 3.35. The third kappa shape index (κ3) is 2.42. The van der Waals surface area contributed by atoms with E-state index in [1.54, 1.807) is 11.8 Å². The Balaban J connectivity index is 1.74. The predicted octanol–water partition coefficient (Wildman–Crippen LogP) is 5.75. The predicted molar refractivity (Wildman–Crippen MR) is 103 cm³/mol. The minimum atomic E-state index is 1.01. The van der Waals surface area contributed by atoms with Gasteiger partial charge in [-0.05, 0) is 24.3 Å². The topological polar surface area (TPSA) is 29.9 Å². The van der Waals surface area contributed by atoms with Gasteiger partial charge < -0.3 is 5.32 Å². The van der Waals surface area contributed by atoms with Crippen molar-refractivity contribution >= 4 is 23.3 Å². The molecule has 1 aromatic heterocycles. The lowest BCUT2D eigenvalue weighted by Crippen LogP contribution is -2.05. The quantitative estimate of drug-likeness (QED) is 0.443. The van der Waals surface area contributed by atoms with E-state index in [9.17, 15) is 0 Å². The fourth-order valence-electron chi connectivity index (χ4n) is 3.05. The van der Waals surface area contributed by atoms with Gasteiger partial charge in [0.2, 0.25) is 0 Å². The highest BCUT2D eigenvalue weighted by atomic mass is 32.2. The molecule has 0 saturated carbocycles. The third-order valence-corrected chi connectivity index (χ3v) is 5.41. The van der Waals surface area contributed by atoms with Crippen LogP contribution in [0, 0.1) is 0 Å². The molecule has 5 rings (SSSR count). The molecule has 0 atom stereocenters. The van der Waals surface area contributed by atoms with Crippen LogP contribution < -0.4 is 5.32 Å². The highest BCUT2D eigenvalue weighted by Gasteiger charge is 2.26. The van der Waals surface area contributed by atoms with Gasteiger partial charge in [0.05, 0.1) is 16.3 Å². The van der Waals surface area contributed by atoms with Crippen molar-refractivity contribution in [3.8, 4) is 16.9 Å². The summed E-state index contributed by atoms with van der Waals surface area (Å²) >= 11 is 1.77. The number of fused-ring (bicyclic) bond motifs is 2. The Labute approximate surface area is 150 Å². The molecular weight excluding hydrogens is 326 g/mol. The largest absolute Gasteiger partial charge is 0.338 e. The highest BCUT2D eigenvalue weighted by molar-refractivity contribution is 7.99. The molecule has 0 amide bonds. The number of hydrogen-bond donors (Lipinski definition) is 1. The van der Waals surface area contributed by atoms with E-state index < -0.39 is 0 Å². The van der Waals surface area contributed by atoms with E-state index in [0.29, 0.717) is 0 Å². The average Bonchev–Trinajstić information content (AvgIpc) is 3.06. The fourth-order valence-corrected chi connectivity index (χ4v) is 4.13. The van der Waals surface area contributed by atoms with E-state index in [2.05, 4.69) is 66.0 Å². The van der Waals surface area contributed by atoms with E-state index in [0.717, 1.165) is 33.3 Å². The van der Waals surface area contributed by atoms with Crippen LogP contribution in [0.25, 0.3) is 16.9 Å². The van der Waals surface area contributed by atoms with Gasteiger partial charge in [-0.3, -0.25) is 0 Å². The normalized spacial score (nSPS) is 12.2. The number of hydrogen-bond acceptors (Lipinski definition) is 3. The van der Waals surface area contributed by atoms with E-state index in [1.807, 2.05) is 28.9 Å². The molecule has 0 unspecified atom stereocenters. The van der Waals surface area contributed by atoms with Crippen LogP contribution >= 0.6 is 11.8 Å². The highest BCUT2D eigenvalue weighted by Crippen LogP contribution is 2.48. The molecule has 0 bridgehead atoms. The van der Waals surface area contributed by atoms with Gasteiger partial charge in [0.15, 0.2) is 0 Å². The lowest BCUT2D eigenvalue weighted by molar-refractivity contribution is 0.890. The van der Waals surface area contributed by atoms with Crippen LogP contribution in [0.5, 0.6) is 0 Å². The molecule has 3 nitrogen and oxygen atoms in total. The lowest BCUT2D eigenvalue weighted by atomic mass is 10.1. The van der Waals surface area contributed by atoms with Gasteiger partial charge in [0, 0.05) is 10.5 Å². The van der Waals surface area contributed by atoms with Gasteiger partial charge in [-0.2, -0.15) is 5.10 Å². The summed E-state index contributed by atoms with van der Waals surface area (Å²) in [7, 11) is 0. The Morgan fingerprint density at radius 3 is 2.24 bits per heavy atom. The first-order valence-electron chi connectivity index (χ1n) is 8.18. The van der Waals surface area contributed by atoms with Crippen LogP contribution in [0.1, 0.15) is 0 Å². The number of nitrogens with zero attached hydrogens (tertiary/aromatic N) is 2. The van der Waals surface area contributed by atoms with Gasteiger partial charge in [-0.15, -0.1) is 0 Å². The monoisotopic (exact) mass is 341 g/mol. The van der Waals surface area contributed by atoms with Gasteiger partial charge >= 0.3 is 0 Å². The summed E-state index contributed by atoms with van der Waals surface area (Å²) in [4.78, 5) is 2.38. The second-order valence-electron chi connectivity index (χ2n) is 5.86. The zero-order chi connectivity index (χ0) is 16.6. The third-order valence-electron chi connectivity index (χ3n) is 4.24. The molecule has 2 heterocycles. The first-order chi connectivity index (χ1) is 12.4. The van der Waals surface area contributed by atoms with E-state index >= 15 is 0 Å². The summed E-state index contributed by atoms with van der Waals surface area (Å²) in [5.41, 5.74) is 4.30. The SMILES string of the molecule is c1ccc(-c2nn(-c3ccccc3)c3c2Sc2ccccc2N3)cc1. The van der Waals surface area contributed by atoms with Crippen LogP contribution in [-0.4, -0.2) is 9.78 Å². The maximum Gasteiger partial charge on any atom is 0.149 e. The summed E-state index contributed by atoms with van der Waals surface area (Å²) in [5, 5.41) is 8.53. The molecule has 0 radical (unpaired) electrons. The average molecular weight is 341 g/mol. The smallest absolute Gasteiger partial charge is 0.149 e. The summed E-state index contributed by atoms with van der Waals surface area (Å²) in [6, 6.07) is 29.0. The molecule has 0 fully saturated rings. The van der Waals surface area contributed by atoms with E-state index in [-0.39, 0.29) is 0 Å². The zero-order valence-electron chi connectivity index (χ0n) is 13.4. The van der Waals surface area contributed by atoms with E-state index in [4.69, 9.17) is 5.10 Å². The van der Waals surface area contributed by atoms with Crippen LogP contribution in [0.2, 0.25) is 0 Å². The minimum absolute atomic E-state index is 1.01. The molecule has 4 heteroatoms. The van der Waals surface area contributed by atoms with Crippen molar-refractivity contribution in [2.24, 2.45) is 0 Å². The van der Waals surface area contributed by atoms with Crippen molar-refractivity contribution in [3.63, 3.8) is 0 Å². The molecule has 4 aromatic rings. The molecule has 25 heavy (non-hydrogen) atoms. The Morgan fingerprint density at radius 1 is 0.760 bits per heavy atom. The Bertz CT molecular complexity index is 956. The van der Waals surface area contributed by atoms with Crippen molar-refractivity contribution in [3.05, 3.63) is 84.9 Å². The first-order valence-corrected chi connectivity index (χ1v) is 8.99. The Morgan fingerprint density at radius 2 is 1.44 bits per heavy atom. The lowest BCUT2D eigenvalue weighted by Gasteiger charge is -2.19. The molecule has 0 saturated heterocycles. The molecule has 1 aliphatic rings. The zero-order valence-corrected chi connectivity index (χ0v) is 14.2. The molecule has 3 aromatic carbocycles. The van der Waals surface area contributed by atoms with Crippen molar-refractivity contribution < 1.29 is 0 Å². The number of para-hydroxylation sites is 2. The maximum absolute atomic E-state index is 4.95. The molecule has 1 N–H and O–H groups in total. The van der Waals surface area contributed by atoms with Crippen LogP contribution in [0.3, 0.4) is 0 Å². The summed E-state index contributed by atoms with van der Waals surface area (Å²) in [6.07, 6.45) is 0. The molecule has 0 aliphatic carbocycles. The van der Waals surface area contributed by atoms with Crippen molar-refractivity contribution in [2.45, 2.75) is 9.79 Å². The second-order valence-corrected chi connectivity index (χ2v) is 6.92. The van der Waals surface area contributed by atoms with Crippen molar-refractivity contribution in [1.29, 1.82) is 0 Å². The van der Waals surface area contributed by atoms with Crippen LogP contribution in [0.4, 0.5) is 11.5 Å². The molecule has 1 aliphatic heterocycles. The minimum Gasteiger partial charge on any atom is -0.338 e. The van der Waals surface area contributed by atoms with Crippen LogP contribution in [-0.2, 0) is 0 Å². The van der Waals surface area contributed by atoms with Crippen molar-refractivity contribution in [1.82, 2.24) is 9.78 Å². The number of benzene rings is 3. The standard InChI is InChI=1S/C21H15N3S/c1-3-9-15(10-4-1)19-20-21(22-17-13-7-8-14-18(17)25-20)24(23-19)16-11-5-2-6-12-16/h1-14,22H. The maximum atomic E-state index is 4.95. The van der Waals surface area contributed by atoms with Gasteiger partial charge in [-0.25, -0.2) is 4.68 Å². The van der Waals surface area contributed by atoms with E-state index in [1.165, 1.54) is 4.90 Å². The van der Waals surface area contributed by atoms with Crippen LogP contribution in [0.15, 0.2) is 94.7 Å². The fraction of sp³-hybridized carbons (Fsp3) is 0. The molecular formula is C21H15N3S. The number of nitrogens with one attached hydrogen (secondary N) is 1. The summed E-state index contributed by atoms with van der Waals surface area (Å²) < 4.78 is 2.00. The second kappa shape index (κ2) is 5.83. The first kappa shape index (κ1) is 14.4. The van der Waals surface area contributed by atoms with Gasteiger partial charge in [-0.1, -0.05) is 72.4 Å². The number of aromatic nitrogens is 2. The van der Waals surface area contributed by atoms with Gasteiger partial charge in [0.25, 0.3) is 0 Å². The molecule has 0 spiro atoms. The Hall–Kier alpha value is -2.98. The number of anilines is 2. The molecule has 120 valence electrons. The van der Waals surface area contributed by atoms with Crippen molar-refractivity contribution in [2.75, 3.05) is 5.32 Å². The number of rotatable bonds is 2. The summed E-state index contributed by atoms with van der Waals surface area (Å²) in [6.45, 7) is 0. The van der Waals surface area contributed by atoms with Gasteiger partial charge in [0.1, 0.15) is 11.5 Å².